The zero-order valence-corrected chi connectivity index (χ0v) is 21.3. The number of methoxy groups -OCH3 is 1. The summed E-state index contributed by atoms with van der Waals surface area (Å²) in [6, 6.07) is 5.78. The van der Waals surface area contributed by atoms with Gasteiger partial charge in [0.25, 0.3) is 11.8 Å². The van der Waals surface area contributed by atoms with E-state index in [0.29, 0.717) is 27.7 Å². The summed E-state index contributed by atoms with van der Waals surface area (Å²) in [5.41, 5.74) is 3.48. The molecular weight excluding hydrogens is 454 g/mol. The van der Waals surface area contributed by atoms with Gasteiger partial charge in [-0.2, -0.15) is 0 Å². The number of nitrogens with one attached hydrogen (secondary N) is 3. The summed E-state index contributed by atoms with van der Waals surface area (Å²) in [5, 5.41) is 6.14. The van der Waals surface area contributed by atoms with E-state index in [1.165, 1.54) is 4.90 Å². The molecule has 1 fully saturated rings. The van der Waals surface area contributed by atoms with E-state index in [1.54, 1.807) is 21.0 Å². The number of esters is 1. The molecule has 1 saturated heterocycles. The van der Waals surface area contributed by atoms with Gasteiger partial charge in [-0.3, -0.25) is 9.59 Å². The van der Waals surface area contributed by atoms with Crippen molar-refractivity contribution in [2.75, 3.05) is 44.0 Å². The fourth-order valence-electron chi connectivity index (χ4n) is 4.21. The van der Waals surface area contributed by atoms with Crippen molar-refractivity contribution in [1.82, 2.24) is 0 Å². The maximum atomic E-state index is 13.1. The van der Waals surface area contributed by atoms with Crippen molar-refractivity contribution >= 4 is 39.8 Å². The van der Waals surface area contributed by atoms with Gasteiger partial charge in [-0.1, -0.05) is 17.7 Å². The molecule has 34 heavy (non-hydrogen) atoms. The number of quaternary nitrogens is 1. The number of rotatable bonds is 8. The van der Waals surface area contributed by atoms with Crippen LogP contribution in [0.5, 0.6) is 0 Å². The van der Waals surface area contributed by atoms with Crippen molar-refractivity contribution in [2.24, 2.45) is 0 Å². The number of ether oxygens (including phenoxy) is 2. The number of likely N-dealkylation sites (tertiary alicyclic amines) is 1. The summed E-state index contributed by atoms with van der Waals surface area (Å²) in [7, 11) is 1.71. The average molecular weight is 489 g/mol. The third-order valence-corrected chi connectivity index (χ3v) is 7.31. The maximum absolute atomic E-state index is 13.1. The molecule has 9 heteroatoms. The highest BCUT2D eigenvalue weighted by molar-refractivity contribution is 7.19. The number of aryl methyl sites for hydroxylation is 2. The first-order chi connectivity index (χ1) is 16.2. The zero-order chi connectivity index (χ0) is 24.8. The SMILES string of the molecule is CCOC(=O)c1c(NC(=O)C[NH+]2CCC(OC)CC2)sc(C(=O)Nc2ccc(C)cc2C)c1C. The van der Waals surface area contributed by atoms with Crippen LogP contribution in [0.15, 0.2) is 18.2 Å². The van der Waals surface area contributed by atoms with Crippen LogP contribution in [0.2, 0.25) is 0 Å². The number of thiophene rings is 1. The molecular formula is C25H34N3O5S+. The van der Waals surface area contributed by atoms with Crippen LogP contribution in [-0.4, -0.2) is 57.2 Å². The topological polar surface area (TPSA) is 98.2 Å². The van der Waals surface area contributed by atoms with Gasteiger partial charge >= 0.3 is 5.97 Å². The van der Waals surface area contributed by atoms with Crippen molar-refractivity contribution in [3.63, 3.8) is 0 Å². The third kappa shape index (κ3) is 6.22. The number of amides is 2. The predicted molar refractivity (Wildman–Crippen MR) is 133 cm³/mol. The molecule has 0 bridgehead atoms. The van der Waals surface area contributed by atoms with E-state index in [1.807, 2.05) is 32.0 Å². The zero-order valence-electron chi connectivity index (χ0n) is 20.5. The number of piperidine rings is 1. The second-order valence-electron chi connectivity index (χ2n) is 8.66. The monoisotopic (exact) mass is 488 g/mol. The molecule has 3 N–H and O–H groups in total. The molecule has 0 unspecified atom stereocenters. The minimum atomic E-state index is -0.551. The van der Waals surface area contributed by atoms with E-state index in [4.69, 9.17) is 9.47 Å². The van der Waals surface area contributed by atoms with Crippen LogP contribution >= 0.6 is 11.3 Å². The van der Waals surface area contributed by atoms with Crippen molar-refractivity contribution in [3.05, 3.63) is 45.3 Å². The summed E-state index contributed by atoms with van der Waals surface area (Å²) in [5.74, 6) is -1.07. The molecule has 1 aliphatic rings. The second kappa shape index (κ2) is 11.6. The highest BCUT2D eigenvalue weighted by atomic mass is 32.1. The van der Waals surface area contributed by atoms with Crippen molar-refractivity contribution < 1.29 is 28.8 Å². The summed E-state index contributed by atoms with van der Waals surface area (Å²) < 4.78 is 10.6. The Bertz CT molecular complexity index is 1060. The molecule has 1 aromatic carbocycles. The van der Waals surface area contributed by atoms with Crippen LogP contribution in [0, 0.1) is 20.8 Å². The predicted octanol–water partition coefficient (Wildman–Crippen LogP) is 2.73. The normalized spacial score (nSPS) is 17.8. The lowest BCUT2D eigenvalue weighted by molar-refractivity contribution is -0.897. The highest BCUT2D eigenvalue weighted by Gasteiger charge is 2.29. The van der Waals surface area contributed by atoms with E-state index >= 15 is 0 Å². The van der Waals surface area contributed by atoms with E-state index in [2.05, 4.69) is 10.6 Å². The summed E-state index contributed by atoms with van der Waals surface area (Å²) in [6.07, 6.45) is 2.07. The Morgan fingerprint density at radius 1 is 1.12 bits per heavy atom. The molecule has 2 amide bonds. The number of hydrogen-bond acceptors (Lipinski definition) is 6. The van der Waals surface area contributed by atoms with E-state index in [9.17, 15) is 14.4 Å². The van der Waals surface area contributed by atoms with Crippen molar-refractivity contribution in [1.29, 1.82) is 0 Å². The van der Waals surface area contributed by atoms with Crippen molar-refractivity contribution in [3.8, 4) is 0 Å². The Kier molecular flexibility index (Phi) is 8.82. The highest BCUT2D eigenvalue weighted by Crippen LogP contribution is 2.34. The van der Waals surface area contributed by atoms with Gasteiger partial charge in [0.15, 0.2) is 6.54 Å². The molecule has 3 rings (SSSR count). The first kappa shape index (κ1) is 25.9. The van der Waals surface area contributed by atoms with Gasteiger partial charge in [-0.25, -0.2) is 4.79 Å². The number of hydrogen-bond donors (Lipinski definition) is 3. The van der Waals surface area contributed by atoms with Gasteiger partial charge in [0.05, 0.1) is 36.2 Å². The van der Waals surface area contributed by atoms with Crippen LogP contribution in [0.1, 0.15) is 56.5 Å². The fourth-order valence-corrected chi connectivity index (χ4v) is 5.32. The lowest BCUT2D eigenvalue weighted by atomic mass is 10.1. The molecule has 8 nitrogen and oxygen atoms in total. The van der Waals surface area contributed by atoms with Gasteiger partial charge < -0.3 is 25.0 Å². The Hall–Kier alpha value is -2.75. The van der Waals surface area contributed by atoms with E-state index in [0.717, 1.165) is 48.4 Å². The minimum absolute atomic E-state index is 0.195. The Morgan fingerprint density at radius 2 is 1.82 bits per heavy atom. The molecule has 0 atom stereocenters. The Morgan fingerprint density at radius 3 is 2.44 bits per heavy atom. The molecule has 1 aromatic heterocycles. The Balaban J connectivity index is 1.79. The molecule has 2 aromatic rings. The maximum Gasteiger partial charge on any atom is 0.341 e. The number of carbonyl (C=O) groups excluding carboxylic acids is 3. The van der Waals surface area contributed by atoms with Crippen LogP contribution in [0.4, 0.5) is 10.7 Å². The van der Waals surface area contributed by atoms with Crippen molar-refractivity contribution in [2.45, 2.75) is 46.6 Å². The van der Waals surface area contributed by atoms with Gasteiger partial charge in [-0.05, 0) is 44.9 Å². The van der Waals surface area contributed by atoms with Gasteiger partial charge in [0.1, 0.15) is 5.00 Å². The lowest BCUT2D eigenvalue weighted by Crippen LogP contribution is -3.14. The number of carbonyl (C=O) groups is 3. The third-order valence-electron chi connectivity index (χ3n) is 6.10. The standard InChI is InChI=1S/C25H33N3O5S/c1-6-33-25(31)21-17(4)22(23(30)26-19-8-7-15(2)13-16(19)3)34-24(21)27-20(29)14-28-11-9-18(32-5)10-12-28/h7-8,13,18H,6,9-12,14H2,1-5H3,(H,26,30)(H,27,29)/p+1. The van der Waals surface area contributed by atoms with Gasteiger partial charge in [0.2, 0.25) is 0 Å². The minimum Gasteiger partial charge on any atom is -0.462 e. The van der Waals surface area contributed by atoms with Gasteiger partial charge in [0, 0.05) is 25.6 Å². The summed E-state index contributed by atoms with van der Waals surface area (Å²) >= 11 is 1.10. The molecule has 0 aliphatic carbocycles. The van der Waals surface area contributed by atoms with E-state index < -0.39 is 5.97 Å². The second-order valence-corrected chi connectivity index (χ2v) is 9.68. The largest absolute Gasteiger partial charge is 0.462 e. The first-order valence-electron chi connectivity index (χ1n) is 11.6. The van der Waals surface area contributed by atoms with Crippen LogP contribution in [0.25, 0.3) is 0 Å². The van der Waals surface area contributed by atoms with E-state index in [-0.39, 0.29) is 30.1 Å². The number of benzene rings is 1. The fraction of sp³-hybridized carbons (Fsp3) is 0.480. The smallest absolute Gasteiger partial charge is 0.341 e. The molecule has 0 radical (unpaired) electrons. The Labute approximate surface area is 204 Å². The summed E-state index contributed by atoms with van der Waals surface area (Å²) in [6.45, 7) is 9.54. The molecule has 2 heterocycles. The number of anilines is 2. The van der Waals surface area contributed by atoms with Crippen LogP contribution in [-0.2, 0) is 14.3 Å². The average Bonchev–Trinajstić information content (AvgIpc) is 3.12. The molecule has 1 aliphatic heterocycles. The lowest BCUT2D eigenvalue weighted by Gasteiger charge is -2.27. The molecule has 0 spiro atoms. The molecule has 0 saturated carbocycles. The van der Waals surface area contributed by atoms with Crippen LogP contribution < -0.4 is 15.5 Å². The first-order valence-corrected chi connectivity index (χ1v) is 12.4. The quantitative estimate of drug-likeness (QED) is 0.497. The molecule has 184 valence electrons. The summed E-state index contributed by atoms with van der Waals surface area (Å²) in [4.78, 5) is 40.1. The van der Waals surface area contributed by atoms with Gasteiger partial charge in [-0.15, -0.1) is 11.3 Å². The van der Waals surface area contributed by atoms with Crippen LogP contribution in [0.3, 0.4) is 0 Å².